The molecule has 0 unspecified atom stereocenters. The third-order valence-corrected chi connectivity index (χ3v) is 6.80. The van der Waals surface area contributed by atoms with Crippen LogP contribution in [0.4, 0.5) is 4.79 Å². The molecule has 0 radical (unpaired) electrons. The van der Waals surface area contributed by atoms with Crippen LogP contribution in [0, 0.1) is 11.8 Å². The molecule has 3 amide bonds. The molecular formula is C19H30N4O3S. The van der Waals surface area contributed by atoms with Gasteiger partial charge in [0.25, 0.3) is 5.22 Å². The van der Waals surface area contributed by atoms with E-state index in [-0.39, 0.29) is 17.7 Å². The van der Waals surface area contributed by atoms with Gasteiger partial charge in [-0.25, -0.2) is 4.79 Å². The Hall–Kier alpha value is -1.57. The molecule has 150 valence electrons. The minimum atomic E-state index is -0.417. The average molecular weight is 395 g/mol. The van der Waals surface area contributed by atoms with E-state index in [0.29, 0.717) is 28.9 Å². The molecule has 2 fully saturated rings. The molecule has 1 aromatic heterocycles. The third kappa shape index (κ3) is 5.70. The molecule has 3 rings (SSSR count). The zero-order chi connectivity index (χ0) is 19.2. The van der Waals surface area contributed by atoms with E-state index in [4.69, 9.17) is 4.42 Å². The van der Waals surface area contributed by atoms with Crippen LogP contribution in [0.1, 0.15) is 77.0 Å². The van der Waals surface area contributed by atoms with Crippen LogP contribution in [0.25, 0.3) is 0 Å². The largest absolute Gasteiger partial charge is 0.416 e. The van der Waals surface area contributed by atoms with Crippen molar-refractivity contribution in [1.29, 1.82) is 0 Å². The summed E-state index contributed by atoms with van der Waals surface area (Å²) in [6.07, 6.45) is 9.12. The minimum Gasteiger partial charge on any atom is -0.416 e. The van der Waals surface area contributed by atoms with Gasteiger partial charge in [-0.3, -0.25) is 10.1 Å². The van der Waals surface area contributed by atoms with Crippen LogP contribution in [0.5, 0.6) is 0 Å². The van der Waals surface area contributed by atoms with E-state index in [1.165, 1.54) is 37.4 Å². The van der Waals surface area contributed by atoms with Crippen molar-refractivity contribution in [3.63, 3.8) is 0 Å². The van der Waals surface area contributed by atoms with Crippen LogP contribution < -0.4 is 10.6 Å². The Kier molecular flexibility index (Phi) is 7.15. The Labute approximate surface area is 164 Å². The lowest BCUT2D eigenvalue weighted by Crippen LogP contribution is -2.49. The van der Waals surface area contributed by atoms with Crippen molar-refractivity contribution in [2.75, 3.05) is 5.75 Å². The first kappa shape index (κ1) is 20.2. The lowest BCUT2D eigenvalue weighted by molar-refractivity contribution is -0.117. The second-order valence-electron chi connectivity index (χ2n) is 7.93. The smallest absolute Gasteiger partial charge is 0.321 e. The molecule has 8 heteroatoms. The predicted molar refractivity (Wildman–Crippen MR) is 103 cm³/mol. The molecule has 1 aromatic rings. The quantitative estimate of drug-likeness (QED) is 0.736. The molecule has 0 aliphatic heterocycles. The summed E-state index contributed by atoms with van der Waals surface area (Å²) in [6, 6.07) is -0.289. The van der Waals surface area contributed by atoms with E-state index in [0.717, 1.165) is 25.7 Å². The number of amides is 3. The maximum atomic E-state index is 12.1. The third-order valence-electron chi connectivity index (χ3n) is 5.98. The number of aromatic nitrogens is 2. The fourth-order valence-corrected chi connectivity index (χ4v) is 4.64. The van der Waals surface area contributed by atoms with E-state index in [2.05, 4.69) is 34.7 Å². The Morgan fingerprint density at radius 1 is 1.07 bits per heavy atom. The van der Waals surface area contributed by atoms with Crippen molar-refractivity contribution in [3.8, 4) is 0 Å². The summed E-state index contributed by atoms with van der Waals surface area (Å²) in [7, 11) is 0. The zero-order valence-electron chi connectivity index (χ0n) is 16.2. The summed E-state index contributed by atoms with van der Waals surface area (Å²) >= 11 is 1.17. The molecule has 7 nitrogen and oxygen atoms in total. The fourth-order valence-electron chi connectivity index (χ4n) is 4.07. The van der Waals surface area contributed by atoms with E-state index in [9.17, 15) is 9.59 Å². The highest BCUT2D eigenvalue weighted by molar-refractivity contribution is 7.99. The van der Waals surface area contributed by atoms with Gasteiger partial charge in [0, 0.05) is 12.0 Å². The van der Waals surface area contributed by atoms with Crippen LogP contribution in [0.3, 0.4) is 0 Å². The molecule has 2 aliphatic carbocycles. The number of carbonyl (C=O) groups excluding carboxylic acids is 2. The predicted octanol–water partition coefficient (Wildman–Crippen LogP) is 3.86. The first-order chi connectivity index (χ1) is 13.0. The number of imide groups is 1. The Balaban J connectivity index is 1.40. The molecule has 0 spiro atoms. The number of hydrogen-bond acceptors (Lipinski definition) is 6. The lowest BCUT2D eigenvalue weighted by atomic mass is 9.78. The van der Waals surface area contributed by atoms with E-state index in [1.54, 1.807) is 0 Å². The Morgan fingerprint density at radius 3 is 2.63 bits per heavy atom. The Morgan fingerprint density at radius 2 is 1.85 bits per heavy atom. The van der Waals surface area contributed by atoms with Crippen LogP contribution in [0.2, 0.25) is 0 Å². The van der Waals surface area contributed by atoms with Crippen LogP contribution in [-0.2, 0) is 4.79 Å². The van der Waals surface area contributed by atoms with Gasteiger partial charge in [0.05, 0.1) is 5.75 Å². The number of rotatable bonds is 5. The SMILES string of the molecule is C[C@H]1[C@H](C)CCC[C@H]1NC(=O)NC(=O)CSc1nnc(C2CCCCC2)o1. The van der Waals surface area contributed by atoms with Crippen molar-refractivity contribution in [2.24, 2.45) is 11.8 Å². The number of carbonyl (C=O) groups is 2. The number of nitrogens with one attached hydrogen (secondary N) is 2. The standard InChI is InChI=1S/C19H30N4O3S/c1-12-7-6-10-15(13(12)2)20-18(25)21-16(24)11-27-19-23-22-17(26-19)14-8-4-3-5-9-14/h12-15H,3-11H2,1-2H3,(H2,20,21,24,25)/t12-,13+,15-/m1/s1. The van der Waals surface area contributed by atoms with Crippen molar-refractivity contribution in [1.82, 2.24) is 20.8 Å². The van der Waals surface area contributed by atoms with Gasteiger partial charge in [-0.05, 0) is 31.1 Å². The van der Waals surface area contributed by atoms with Crippen molar-refractivity contribution in [3.05, 3.63) is 5.89 Å². The normalized spacial score (nSPS) is 26.5. The van der Waals surface area contributed by atoms with Gasteiger partial charge in [0.2, 0.25) is 11.8 Å². The van der Waals surface area contributed by atoms with Gasteiger partial charge < -0.3 is 9.73 Å². The molecule has 0 aromatic carbocycles. The maximum absolute atomic E-state index is 12.1. The van der Waals surface area contributed by atoms with Crippen LogP contribution in [0.15, 0.2) is 9.64 Å². The highest BCUT2D eigenvalue weighted by atomic mass is 32.2. The van der Waals surface area contributed by atoms with E-state index in [1.807, 2.05) is 0 Å². The highest BCUT2D eigenvalue weighted by Gasteiger charge is 2.28. The first-order valence-corrected chi connectivity index (χ1v) is 11.1. The van der Waals surface area contributed by atoms with Gasteiger partial charge in [0.1, 0.15) is 0 Å². The maximum Gasteiger partial charge on any atom is 0.321 e. The summed E-state index contributed by atoms with van der Waals surface area (Å²) in [6.45, 7) is 4.37. The molecule has 0 saturated heterocycles. The average Bonchev–Trinajstić information content (AvgIpc) is 3.14. The molecule has 27 heavy (non-hydrogen) atoms. The number of hydrogen-bond donors (Lipinski definition) is 2. The van der Waals surface area contributed by atoms with Gasteiger partial charge in [-0.2, -0.15) is 0 Å². The van der Waals surface area contributed by atoms with Crippen LogP contribution >= 0.6 is 11.8 Å². The van der Waals surface area contributed by atoms with Crippen LogP contribution in [-0.4, -0.2) is 33.9 Å². The first-order valence-electron chi connectivity index (χ1n) is 10.1. The number of urea groups is 1. The van der Waals surface area contributed by atoms with Crippen molar-refractivity contribution in [2.45, 2.75) is 82.4 Å². The van der Waals surface area contributed by atoms with Gasteiger partial charge in [-0.1, -0.05) is 57.7 Å². The number of nitrogens with zero attached hydrogens (tertiary/aromatic N) is 2. The molecule has 2 N–H and O–H groups in total. The molecule has 1 heterocycles. The van der Waals surface area contributed by atoms with Crippen molar-refractivity contribution < 1.29 is 14.0 Å². The second-order valence-corrected chi connectivity index (χ2v) is 8.85. The van der Waals surface area contributed by atoms with Gasteiger partial charge in [-0.15, -0.1) is 10.2 Å². The fraction of sp³-hybridized carbons (Fsp3) is 0.789. The summed E-state index contributed by atoms with van der Waals surface area (Å²) in [4.78, 5) is 24.1. The second kappa shape index (κ2) is 9.57. The molecule has 2 aliphatic rings. The van der Waals surface area contributed by atoms with Crippen molar-refractivity contribution >= 4 is 23.7 Å². The lowest BCUT2D eigenvalue weighted by Gasteiger charge is -2.34. The monoisotopic (exact) mass is 394 g/mol. The van der Waals surface area contributed by atoms with E-state index < -0.39 is 6.03 Å². The van der Waals surface area contributed by atoms with Gasteiger partial charge in [0.15, 0.2) is 0 Å². The van der Waals surface area contributed by atoms with Gasteiger partial charge >= 0.3 is 6.03 Å². The van der Waals surface area contributed by atoms with E-state index >= 15 is 0 Å². The molecule has 2 saturated carbocycles. The molecule has 0 bridgehead atoms. The number of thioether (sulfide) groups is 1. The molecular weight excluding hydrogens is 364 g/mol. The summed E-state index contributed by atoms with van der Waals surface area (Å²) in [5.41, 5.74) is 0. The Bertz CT molecular complexity index is 645. The topological polar surface area (TPSA) is 97.1 Å². The molecule has 3 atom stereocenters. The minimum absolute atomic E-state index is 0.0797. The highest BCUT2D eigenvalue weighted by Crippen LogP contribution is 2.33. The summed E-state index contributed by atoms with van der Waals surface area (Å²) in [5.74, 6) is 1.76. The summed E-state index contributed by atoms with van der Waals surface area (Å²) < 4.78 is 5.69. The zero-order valence-corrected chi connectivity index (χ0v) is 17.0. The summed E-state index contributed by atoms with van der Waals surface area (Å²) in [5, 5.41) is 13.9.